The lowest BCUT2D eigenvalue weighted by Crippen LogP contribution is -2.39. The van der Waals surface area contributed by atoms with Gasteiger partial charge in [0.2, 0.25) is 5.91 Å². The number of carbonyl (C=O) groups is 1. The molecule has 7 heteroatoms. The van der Waals surface area contributed by atoms with Gasteiger partial charge in [-0.1, -0.05) is 6.92 Å². The second-order valence-corrected chi connectivity index (χ2v) is 8.90. The summed E-state index contributed by atoms with van der Waals surface area (Å²) in [5.41, 5.74) is 3.62. The largest absolute Gasteiger partial charge is 0.494 e. The van der Waals surface area contributed by atoms with Crippen molar-refractivity contribution in [2.75, 3.05) is 22.8 Å². The summed E-state index contributed by atoms with van der Waals surface area (Å²) in [7, 11) is -3.69. The predicted octanol–water partition coefficient (Wildman–Crippen LogP) is 3.50. The maximum absolute atomic E-state index is 12.8. The third-order valence-electron chi connectivity index (χ3n) is 5.13. The van der Waals surface area contributed by atoms with E-state index in [1.165, 1.54) is 0 Å². The summed E-state index contributed by atoms with van der Waals surface area (Å²) in [6.07, 6.45) is 3.77. The molecule has 2 aromatic carbocycles. The quantitative estimate of drug-likeness (QED) is 0.805. The number of anilines is 2. The molecule has 0 aliphatic carbocycles. The normalized spacial score (nSPS) is 15.9. The van der Waals surface area contributed by atoms with Crippen molar-refractivity contribution in [1.29, 1.82) is 0 Å². The molecule has 0 radical (unpaired) electrons. The lowest BCUT2D eigenvalue weighted by atomic mass is 9.91. The van der Waals surface area contributed by atoms with Gasteiger partial charge in [0.1, 0.15) is 5.75 Å². The van der Waals surface area contributed by atoms with Crippen molar-refractivity contribution >= 4 is 27.3 Å². The van der Waals surface area contributed by atoms with Crippen LogP contribution in [0.15, 0.2) is 41.3 Å². The molecule has 0 saturated carbocycles. The molecule has 1 amide bonds. The van der Waals surface area contributed by atoms with Crippen molar-refractivity contribution in [2.45, 2.75) is 43.9 Å². The van der Waals surface area contributed by atoms with E-state index < -0.39 is 10.0 Å². The SMILES string of the molecule is CCCOc1ccc(S(=O)(=O)Nc2cc3c4c(c2)CCC(=O)N4CCC3)cc1. The van der Waals surface area contributed by atoms with Crippen LogP contribution < -0.4 is 14.4 Å². The first-order valence-electron chi connectivity index (χ1n) is 9.70. The molecule has 28 heavy (non-hydrogen) atoms. The Bertz CT molecular complexity index is 983. The number of hydrogen-bond acceptors (Lipinski definition) is 4. The molecule has 1 N–H and O–H groups in total. The number of rotatable bonds is 6. The van der Waals surface area contributed by atoms with Crippen molar-refractivity contribution in [1.82, 2.24) is 0 Å². The minimum atomic E-state index is -3.69. The van der Waals surface area contributed by atoms with E-state index in [0.717, 1.165) is 42.6 Å². The summed E-state index contributed by atoms with van der Waals surface area (Å²) in [6.45, 7) is 3.36. The number of ether oxygens (including phenoxy) is 1. The van der Waals surface area contributed by atoms with Crippen molar-refractivity contribution in [3.63, 3.8) is 0 Å². The van der Waals surface area contributed by atoms with Gasteiger partial charge in [0, 0.05) is 18.7 Å². The Morgan fingerprint density at radius 2 is 1.79 bits per heavy atom. The first-order valence-corrected chi connectivity index (χ1v) is 11.2. The second-order valence-electron chi connectivity index (χ2n) is 7.22. The molecular formula is C21H24N2O4S. The molecule has 148 valence electrons. The molecule has 2 aliphatic rings. The molecule has 0 aromatic heterocycles. The average Bonchev–Trinajstić information content (AvgIpc) is 2.69. The maximum Gasteiger partial charge on any atom is 0.261 e. The zero-order valence-corrected chi connectivity index (χ0v) is 16.7. The van der Waals surface area contributed by atoms with Gasteiger partial charge in [-0.25, -0.2) is 8.42 Å². The highest BCUT2D eigenvalue weighted by molar-refractivity contribution is 7.92. The molecule has 0 atom stereocenters. The van der Waals surface area contributed by atoms with E-state index in [4.69, 9.17) is 4.74 Å². The maximum atomic E-state index is 12.8. The molecule has 2 heterocycles. The van der Waals surface area contributed by atoms with E-state index >= 15 is 0 Å². The van der Waals surface area contributed by atoms with Crippen LogP contribution in [0.2, 0.25) is 0 Å². The van der Waals surface area contributed by atoms with Gasteiger partial charge in [0.05, 0.1) is 17.2 Å². The minimum Gasteiger partial charge on any atom is -0.494 e. The fourth-order valence-electron chi connectivity index (χ4n) is 3.86. The van der Waals surface area contributed by atoms with Gasteiger partial charge in [-0.2, -0.15) is 0 Å². The number of carbonyl (C=O) groups excluding carboxylic acids is 1. The average molecular weight is 401 g/mol. The number of aryl methyl sites for hydroxylation is 2. The van der Waals surface area contributed by atoms with Crippen molar-refractivity contribution in [3.05, 3.63) is 47.5 Å². The van der Waals surface area contributed by atoms with Crippen LogP contribution in [-0.4, -0.2) is 27.5 Å². The zero-order valence-electron chi connectivity index (χ0n) is 15.9. The number of nitrogens with zero attached hydrogens (tertiary/aromatic N) is 1. The minimum absolute atomic E-state index is 0.159. The van der Waals surface area contributed by atoms with Crippen molar-refractivity contribution in [2.24, 2.45) is 0 Å². The molecule has 4 rings (SSSR count). The van der Waals surface area contributed by atoms with Crippen molar-refractivity contribution < 1.29 is 17.9 Å². The summed E-state index contributed by atoms with van der Waals surface area (Å²) in [4.78, 5) is 14.2. The molecule has 0 saturated heterocycles. The molecule has 0 spiro atoms. The smallest absolute Gasteiger partial charge is 0.261 e. The molecule has 0 fully saturated rings. The zero-order chi connectivity index (χ0) is 19.7. The van der Waals surface area contributed by atoms with Crippen LogP contribution in [0.3, 0.4) is 0 Å². The summed E-state index contributed by atoms with van der Waals surface area (Å²) >= 11 is 0. The Hall–Kier alpha value is -2.54. The van der Waals surface area contributed by atoms with Gasteiger partial charge in [0.25, 0.3) is 10.0 Å². The van der Waals surface area contributed by atoms with Crippen LogP contribution >= 0.6 is 0 Å². The van der Waals surface area contributed by atoms with Gasteiger partial charge in [-0.05, 0) is 73.2 Å². The summed E-state index contributed by atoms with van der Waals surface area (Å²) in [5.74, 6) is 0.816. The van der Waals surface area contributed by atoms with E-state index in [-0.39, 0.29) is 10.8 Å². The number of sulfonamides is 1. The standard InChI is InChI=1S/C21H24N2O4S/c1-2-12-27-18-6-8-19(9-7-18)28(25,26)22-17-13-15-4-3-11-23-20(24)10-5-16(14-17)21(15)23/h6-9,13-14,22H,2-5,10-12H2,1H3. The lowest BCUT2D eigenvalue weighted by molar-refractivity contribution is -0.119. The number of benzene rings is 2. The van der Waals surface area contributed by atoms with E-state index in [1.807, 2.05) is 24.0 Å². The molecule has 0 unspecified atom stereocenters. The highest BCUT2D eigenvalue weighted by atomic mass is 32.2. The second kappa shape index (κ2) is 7.47. The van der Waals surface area contributed by atoms with Gasteiger partial charge in [-0.15, -0.1) is 0 Å². The highest BCUT2D eigenvalue weighted by Crippen LogP contribution is 2.38. The highest BCUT2D eigenvalue weighted by Gasteiger charge is 2.30. The summed E-state index contributed by atoms with van der Waals surface area (Å²) < 4.78 is 33.8. The van der Waals surface area contributed by atoms with Gasteiger partial charge < -0.3 is 9.64 Å². The first kappa shape index (κ1) is 18.8. The molecule has 6 nitrogen and oxygen atoms in total. The summed E-state index contributed by atoms with van der Waals surface area (Å²) in [5, 5.41) is 0. The van der Waals surface area contributed by atoms with Crippen LogP contribution in [0.4, 0.5) is 11.4 Å². The van der Waals surface area contributed by atoms with E-state index in [9.17, 15) is 13.2 Å². The molecule has 2 aromatic rings. The molecule has 0 bridgehead atoms. The van der Waals surface area contributed by atoms with Gasteiger partial charge >= 0.3 is 0 Å². The van der Waals surface area contributed by atoms with Crippen LogP contribution in [0.5, 0.6) is 5.75 Å². The van der Waals surface area contributed by atoms with Crippen LogP contribution in [0, 0.1) is 0 Å². The third kappa shape index (κ3) is 3.58. The fraction of sp³-hybridized carbons (Fsp3) is 0.381. The van der Waals surface area contributed by atoms with Gasteiger partial charge in [0.15, 0.2) is 0 Å². The Morgan fingerprint density at radius 3 is 2.50 bits per heavy atom. The van der Waals surface area contributed by atoms with Crippen LogP contribution in [-0.2, 0) is 27.7 Å². The summed E-state index contributed by atoms with van der Waals surface area (Å²) in [6, 6.07) is 10.2. The monoisotopic (exact) mass is 400 g/mol. The topological polar surface area (TPSA) is 75.7 Å². The predicted molar refractivity (Wildman–Crippen MR) is 108 cm³/mol. The molecule has 2 aliphatic heterocycles. The molecular weight excluding hydrogens is 376 g/mol. The number of hydrogen-bond donors (Lipinski definition) is 1. The number of nitrogens with one attached hydrogen (secondary N) is 1. The van der Waals surface area contributed by atoms with E-state index in [1.54, 1.807) is 24.3 Å². The Morgan fingerprint density at radius 1 is 1.07 bits per heavy atom. The van der Waals surface area contributed by atoms with E-state index in [2.05, 4.69) is 4.72 Å². The van der Waals surface area contributed by atoms with Crippen LogP contribution in [0.25, 0.3) is 0 Å². The van der Waals surface area contributed by atoms with E-state index in [0.29, 0.717) is 30.9 Å². The first-order chi connectivity index (χ1) is 13.5. The Balaban J connectivity index is 1.59. The Labute approximate surface area is 165 Å². The Kier molecular flexibility index (Phi) is 5.02. The fourth-order valence-corrected chi connectivity index (χ4v) is 4.90. The van der Waals surface area contributed by atoms with Gasteiger partial charge in [-0.3, -0.25) is 9.52 Å². The lowest BCUT2D eigenvalue weighted by Gasteiger charge is -2.35. The number of amides is 1. The van der Waals surface area contributed by atoms with Crippen molar-refractivity contribution in [3.8, 4) is 5.75 Å². The third-order valence-corrected chi connectivity index (χ3v) is 6.53. The van der Waals surface area contributed by atoms with Crippen LogP contribution in [0.1, 0.15) is 37.3 Å².